The summed E-state index contributed by atoms with van der Waals surface area (Å²) in [5, 5.41) is 8.55. The van der Waals surface area contributed by atoms with Gasteiger partial charge in [0.1, 0.15) is 0 Å². The maximum atomic E-state index is 2.51. The molecule has 0 N–H and O–H groups in total. The predicted molar refractivity (Wildman–Crippen MR) is 134 cm³/mol. The smallest absolute Gasteiger partial charge is 0.0817 e. The van der Waals surface area contributed by atoms with E-state index in [1.165, 1.54) is 61.6 Å². The van der Waals surface area contributed by atoms with E-state index in [1.807, 2.05) is 0 Å². The average molecular weight is 382 g/mol. The van der Waals surface area contributed by atoms with E-state index in [-0.39, 0.29) is 10.8 Å². The Balaban J connectivity index is 2.18. The third-order valence-electron chi connectivity index (χ3n) is 6.67. The van der Waals surface area contributed by atoms with E-state index in [0.717, 1.165) is 0 Å². The van der Waals surface area contributed by atoms with E-state index < -0.39 is 0 Å². The molecule has 0 atom stereocenters. The summed E-state index contributed by atoms with van der Waals surface area (Å²) in [7, 11) is 0. The fraction of sp³-hybridized carbons (Fsp3) is 0.429. The Morgan fingerprint density at radius 1 is 0.690 bits per heavy atom. The largest absolute Gasteiger partial charge is 0.173 e. The van der Waals surface area contributed by atoms with Gasteiger partial charge in [-0.15, -0.1) is 0 Å². The molecule has 0 spiro atoms. The molecule has 0 aliphatic rings. The van der Waals surface area contributed by atoms with Crippen LogP contribution in [0, 0.1) is 0 Å². The van der Waals surface area contributed by atoms with Crippen molar-refractivity contribution in [2.45, 2.75) is 78.9 Å². The van der Waals surface area contributed by atoms with Gasteiger partial charge in [-0.2, -0.15) is 0 Å². The van der Waals surface area contributed by atoms with Crippen LogP contribution >= 0.6 is 0 Å². The van der Waals surface area contributed by atoms with Crippen molar-refractivity contribution < 1.29 is 0 Å². The van der Waals surface area contributed by atoms with E-state index in [2.05, 4.69) is 97.8 Å². The Morgan fingerprint density at radius 3 is 1.76 bits per heavy atom. The molecular formula is C28H35B. The number of hydrogen-bond acceptors (Lipinski definition) is 0. The second-order valence-corrected chi connectivity index (χ2v) is 11.1. The first-order valence-corrected chi connectivity index (χ1v) is 11.3. The van der Waals surface area contributed by atoms with Crippen molar-refractivity contribution >= 4 is 44.5 Å². The van der Waals surface area contributed by atoms with Crippen molar-refractivity contribution in [2.75, 3.05) is 0 Å². The molecule has 150 valence electrons. The van der Waals surface area contributed by atoms with E-state index in [4.69, 9.17) is 0 Å². The summed E-state index contributed by atoms with van der Waals surface area (Å²) in [4.78, 5) is 0. The zero-order chi connectivity index (χ0) is 21.1. The van der Waals surface area contributed by atoms with Crippen LogP contribution < -0.4 is 5.46 Å². The van der Waals surface area contributed by atoms with Gasteiger partial charge in [0.25, 0.3) is 0 Å². The highest BCUT2D eigenvalue weighted by atomic mass is 14.2. The molecule has 29 heavy (non-hydrogen) atoms. The Bertz CT molecular complexity index is 1180. The summed E-state index contributed by atoms with van der Waals surface area (Å²) < 4.78 is 0. The molecule has 1 heteroatoms. The second-order valence-electron chi connectivity index (χ2n) is 11.1. The quantitative estimate of drug-likeness (QED) is 0.249. The maximum Gasteiger partial charge on any atom is 0.173 e. The molecule has 4 aromatic carbocycles. The summed E-state index contributed by atoms with van der Waals surface area (Å²) in [6.45, 7) is 19.2. The fourth-order valence-electron chi connectivity index (χ4n) is 4.81. The van der Waals surface area contributed by atoms with Crippen LogP contribution in [-0.2, 0) is 10.8 Å². The molecule has 0 aliphatic heterocycles. The Labute approximate surface area is 177 Å². The van der Waals surface area contributed by atoms with Gasteiger partial charge in [-0.3, -0.25) is 0 Å². The molecule has 4 aromatic rings. The normalized spacial score (nSPS) is 13.1. The van der Waals surface area contributed by atoms with Crippen molar-refractivity contribution in [3.8, 4) is 0 Å². The summed E-state index contributed by atoms with van der Waals surface area (Å²) in [6.07, 6.45) is 2.46. The van der Waals surface area contributed by atoms with Gasteiger partial charge in [0.2, 0.25) is 0 Å². The summed E-state index contributed by atoms with van der Waals surface area (Å²) in [5.74, 6) is 0. The molecular weight excluding hydrogens is 347 g/mol. The topological polar surface area (TPSA) is 0 Å². The molecule has 0 saturated carbocycles. The van der Waals surface area contributed by atoms with Crippen LogP contribution in [0.15, 0.2) is 42.5 Å². The summed E-state index contributed by atoms with van der Waals surface area (Å²) in [5.41, 5.74) is 4.68. The van der Waals surface area contributed by atoms with Gasteiger partial charge in [0, 0.05) is 0 Å². The van der Waals surface area contributed by atoms with E-state index in [1.54, 1.807) is 0 Å². The molecule has 4 rings (SSSR count). The van der Waals surface area contributed by atoms with Gasteiger partial charge in [-0.05, 0) is 54.3 Å². The van der Waals surface area contributed by atoms with Crippen LogP contribution in [0.1, 0.15) is 66.0 Å². The van der Waals surface area contributed by atoms with Crippen LogP contribution in [0.2, 0.25) is 13.1 Å². The first-order valence-electron chi connectivity index (χ1n) is 11.3. The highest BCUT2D eigenvalue weighted by Crippen LogP contribution is 2.39. The summed E-state index contributed by atoms with van der Waals surface area (Å²) >= 11 is 0. The van der Waals surface area contributed by atoms with Crippen LogP contribution in [0.3, 0.4) is 0 Å². The van der Waals surface area contributed by atoms with Crippen molar-refractivity contribution in [1.82, 2.24) is 0 Å². The third kappa shape index (κ3) is 3.43. The Hall–Kier alpha value is -2.02. The van der Waals surface area contributed by atoms with E-state index in [0.29, 0.717) is 6.71 Å². The fourth-order valence-corrected chi connectivity index (χ4v) is 4.81. The highest BCUT2D eigenvalue weighted by molar-refractivity contribution is 6.75. The minimum Gasteiger partial charge on any atom is -0.0817 e. The van der Waals surface area contributed by atoms with Crippen LogP contribution in [0.25, 0.3) is 32.3 Å². The monoisotopic (exact) mass is 382 g/mol. The van der Waals surface area contributed by atoms with Crippen LogP contribution in [0.5, 0.6) is 0 Å². The minimum atomic E-state index is 0.148. The van der Waals surface area contributed by atoms with Gasteiger partial charge < -0.3 is 0 Å². The molecule has 0 heterocycles. The van der Waals surface area contributed by atoms with E-state index in [9.17, 15) is 0 Å². The molecule has 0 fully saturated rings. The average Bonchev–Trinajstić information content (AvgIpc) is 2.63. The lowest BCUT2D eigenvalue weighted by atomic mass is 9.43. The number of benzene rings is 4. The molecule has 0 unspecified atom stereocenters. The van der Waals surface area contributed by atoms with Gasteiger partial charge in [0.15, 0.2) is 6.71 Å². The zero-order valence-corrected chi connectivity index (χ0v) is 19.5. The lowest BCUT2D eigenvalue weighted by Crippen LogP contribution is -2.27. The predicted octanol–water partition coefficient (Wildman–Crippen LogP) is 7.92. The first kappa shape index (κ1) is 20.3. The standard InChI is InChI=1S/C28H35B/c1-9-12-29(8)24-16-20-15-21(27(2,3)4)13-18-10-11-19-14-22(28(5,6)7)17-23(24)26(19)25(18)20/h10-11,13-17H,9,12H2,1-8H3. The number of hydrogen-bond donors (Lipinski definition) is 0. The van der Waals surface area contributed by atoms with Crippen LogP contribution in [0.4, 0.5) is 0 Å². The zero-order valence-electron chi connectivity index (χ0n) is 19.5. The summed E-state index contributed by atoms with van der Waals surface area (Å²) in [6, 6.07) is 17.0. The Morgan fingerprint density at radius 2 is 1.21 bits per heavy atom. The third-order valence-corrected chi connectivity index (χ3v) is 6.67. The van der Waals surface area contributed by atoms with Crippen LogP contribution in [-0.4, -0.2) is 6.71 Å². The maximum absolute atomic E-state index is 2.51. The highest BCUT2D eigenvalue weighted by Gasteiger charge is 2.23. The molecule has 0 aliphatic carbocycles. The molecule has 0 bridgehead atoms. The lowest BCUT2D eigenvalue weighted by Gasteiger charge is -2.25. The van der Waals surface area contributed by atoms with Crippen molar-refractivity contribution in [3.63, 3.8) is 0 Å². The van der Waals surface area contributed by atoms with Crippen molar-refractivity contribution in [2.24, 2.45) is 0 Å². The molecule has 0 saturated heterocycles. The van der Waals surface area contributed by atoms with Gasteiger partial charge >= 0.3 is 0 Å². The minimum absolute atomic E-state index is 0.148. The Kier molecular flexibility index (Phi) is 4.72. The van der Waals surface area contributed by atoms with Crippen molar-refractivity contribution in [3.05, 3.63) is 53.6 Å². The van der Waals surface area contributed by atoms with Gasteiger partial charge in [-0.25, -0.2) is 0 Å². The van der Waals surface area contributed by atoms with Crippen molar-refractivity contribution in [1.29, 1.82) is 0 Å². The van der Waals surface area contributed by atoms with Gasteiger partial charge in [0.05, 0.1) is 0 Å². The van der Waals surface area contributed by atoms with E-state index >= 15 is 0 Å². The van der Waals surface area contributed by atoms with Gasteiger partial charge in [-0.1, -0.05) is 116 Å². The molecule has 0 nitrogen and oxygen atoms in total. The first-order chi connectivity index (χ1) is 13.5. The molecule has 0 radical (unpaired) electrons. The molecule has 0 aromatic heterocycles. The second kappa shape index (κ2) is 6.76. The lowest BCUT2D eigenvalue weighted by molar-refractivity contribution is 0.591. The molecule has 0 amide bonds. The SMILES string of the molecule is CCCB(C)c1cc2cc(C(C)(C)C)cc3ccc4cc(C(C)(C)C)cc1c4c32. The number of rotatable bonds is 3.